The highest BCUT2D eigenvalue weighted by Gasteiger charge is 1.98. The van der Waals surface area contributed by atoms with Crippen LogP contribution < -0.4 is 4.90 Å². The zero-order valence-corrected chi connectivity index (χ0v) is 6.20. The largest absolute Gasteiger partial charge is 0.506 e. The lowest BCUT2D eigenvalue weighted by molar-refractivity contribution is 0.475. The van der Waals surface area contributed by atoms with Crippen LogP contribution in [0.2, 0.25) is 0 Å². The second kappa shape index (κ2) is 2.60. The van der Waals surface area contributed by atoms with E-state index in [-0.39, 0.29) is 0 Å². The molecule has 54 valence electrons. The molecule has 0 amide bonds. The van der Waals surface area contributed by atoms with Gasteiger partial charge in [0.1, 0.15) is 5.75 Å². The number of aromatic hydroxyl groups is 1. The number of phenolic OH excluding ortho intramolecular Hbond substituents is 1. The van der Waals surface area contributed by atoms with Crippen molar-refractivity contribution in [1.82, 2.24) is 0 Å². The van der Waals surface area contributed by atoms with Crippen LogP contribution in [0.5, 0.6) is 5.75 Å². The Kier molecular flexibility index (Phi) is 1.81. The summed E-state index contributed by atoms with van der Waals surface area (Å²) < 4.78 is 0. The van der Waals surface area contributed by atoms with E-state index in [1.807, 2.05) is 37.2 Å². The summed E-state index contributed by atoms with van der Waals surface area (Å²) in [5.41, 5.74) is 0.850. The quantitative estimate of drug-likeness (QED) is 0.633. The topological polar surface area (TPSA) is 23.5 Å². The van der Waals surface area contributed by atoms with Gasteiger partial charge in [0, 0.05) is 14.1 Å². The van der Waals surface area contributed by atoms with Crippen molar-refractivity contribution in [2.24, 2.45) is 0 Å². The lowest BCUT2D eigenvalue weighted by Gasteiger charge is -2.12. The highest BCUT2D eigenvalue weighted by Crippen LogP contribution is 2.23. The molecule has 0 unspecified atom stereocenters. The average Bonchev–Trinajstić information content (AvgIpc) is 1.88. The normalized spacial score (nSPS) is 9.40. The van der Waals surface area contributed by atoms with Gasteiger partial charge in [-0.15, -0.1) is 0 Å². The summed E-state index contributed by atoms with van der Waals surface area (Å²) in [6.45, 7) is 0. The van der Waals surface area contributed by atoms with Gasteiger partial charge in [-0.2, -0.15) is 0 Å². The molecule has 0 heterocycles. The van der Waals surface area contributed by atoms with Crippen molar-refractivity contribution in [3.05, 3.63) is 24.3 Å². The molecule has 0 aliphatic heterocycles. The molecule has 0 bridgehead atoms. The van der Waals surface area contributed by atoms with Gasteiger partial charge < -0.3 is 10.0 Å². The van der Waals surface area contributed by atoms with Crippen LogP contribution in [-0.4, -0.2) is 19.2 Å². The monoisotopic (exact) mass is 137 g/mol. The first-order valence-corrected chi connectivity index (χ1v) is 3.17. The van der Waals surface area contributed by atoms with Crippen LogP contribution in [-0.2, 0) is 0 Å². The first-order chi connectivity index (χ1) is 4.72. The number of benzene rings is 1. The van der Waals surface area contributed by atoms with E-state index < -0.39 is 0 Å². The first kappa shape index (κ1) is 6.93. The molecule has 1 rings (SSSR count). The standard InChI is InChI=1S/C8H11NO/c1-9(2)7-5-3-4-6-8(7)10/h3-6,10H,1-2H3. The minimum Gasteiger partial charge on any atom is -0.506 e. The summed E-state index contributed by atoms with van der Waals surface area (Å²) in [5, 5.41) is 9.24. The molecule has 0 aromatic heterocycles. The van der Waals surface area contributed by atoms with E-state index in [0.717, 1.165) is 5.69 Å². The highest BCUT2D eigenvalue weighted by molar-refractivity contribution is 5.56. The molecule has 2 nitrogen and oxygen atoms in total. The third-order valence-corrected chi connectivity index (χ3v) is 1.36. The average molecular weight is 137 g/mol. The predicted molar refractivity (Wildman–Crippen MR) is 42.4 cm³/mol. The summed E-state index contributed by atoms with van der Waals surface area (Å²) >= 11 is 0. The van der Waals surface area contributed by atoms with Crippen LogP contribution in [0.3, 0.4) is 0 Å². The molecule has 0 aliphatic rings. The Balaban J connectivity index is 3.03. The Bertz CT molecular complexity index is 220. The molecule has 1 N–H and O–H groups in total. The maximum absolute atomic E-state index is 9.24. The molecule has 0 fully saturated rings. The van der Waals surface area contributed by atoms with Crippen molar-refractivity contribution in [2.45, 2.75) is 0 Å². The van der Waals surface area contributed by atoms with E-state index in [0.29, 0.717) is 5.75 Å². The number of para-hydroxylation sites is 2. The van der Waals surface area contributed by atoms with Gasteiger partial charge >= 0.3 is 0 Å². The molecule has 1 aromatic rings. The zero-order valence-electron chi connectivity index (χ0n) is 6.20. The Labute approximate surface area is 60.7 Å². The summed E-state index contributed by atoms with van der Waals surface area (Å²) in [7, 11) is 3.80. The number of nitrogens with zero attached hydrogens (tertiary/aromatic N) is 1. The van der Waals surface area contributed by atoms with Crippen LogP contribution in [0.1, 0.15) is 0 Å². The predicted octanol–water partition coefficient (Wildman–Crippen LogP) is 1.46. The van der Waals surface area contributed by atoms with Gasteiger partial charge in [-0.1, -0.05) is 12.1 Å². The van der Waals surface area contributed by atoms with Crippen molar-refractivity contribution in [3.63, 3.8) is 0 Å². The van der Waals surface area contributed by atoms with Crippen molar-refractivity contribution in [1.29, 1.82) is 0 Å². The lowest BCUT2D eigenvalue weighted by atomic mass is 10.3. The fourth-order valence-corrected chi connectivity index (χ4v) is 0.842. The van der Waals surface area contributed by atoms with Crippen molar-refractivity contribution in [3.8, 4) is 5.75 Å². The number of phenols is 1. The number of hydrogen-bond acceptors (Lipinski definition) is 2. The third-order valence-electron chi connectivity index (χ3n) is 1.36. The van der Waals surface area contributed by atoms with Gasteiger partial charge in [-0.3, -0.25) is 0 Å². The summed E-state index contributed by atoms with van der Waals surface area (Å²) in [6, 6.07) is 7.25. The fourth-order valence-electron chi connectivity index (χ4n) is 0.842. The number of anilines is 1. The number of rotatable bonds is 1. The minimum atomic E-state index is 0.326. The van der Waals surface area contributed by atoms with E-state index in [2.05, 4.69) is 0 Å². The molecular weight excluding hydrogens is 126 g/mol. The van der Waals surface area contributed by atoms with Gasteiger partial charge in [-0.05, 0) is 12.1 Å². The van der Waals surface area contributed by atoms with Crippen molar-refractivity contribution >= 4 is 5.69 Å². The Morgan fingerprint density at radius 1 is 1.20 bits per heavy atom. The van der Waals surface area contributed by atoms with E-state index in [4.69, 9.17) is 0 Å². The Hall–Kier alpha value is -1.18. The molecule has 0 atom stereocenters. The molecule has 0 spiro atoms. The van der Waals surface area contributed by atoms with E-state index in [9.17, 15) is 5.11 Å². The molecule has 0 saturated heterocycles. The fraction of sp³-hybridized carbons (Fsp3) is 0.250. The van der Waals surface area contributed by atoms with Crippen molar-refractivity contribution in [2.75, 3.05) is 19.0 Å². The van der Waals surface area contributed by atoms with Crippen LogP contribution in [0, 0.1) is 0 Å². The van der Waals surface area contributed by atoms with Crippen LogP contribution >= 0.6 is 0 Å². The van der Waals surface area contributed by atoms with Crippen molar-refractivity contribution < 1.29 is 5.11 Å². The van der Waals surface area contributed by atoms with Gasteiger partial charge in [-0.25, -0.2) is 0 Å². The molecule has 1 aromatic carbocycles. The third kappa shape index (κ3) is 1.21. The zero-order chi connectivity index (χ0) is 7.56. The van der Waals surface area contributed by atoms with Gasteiger partial charge in [0.25, 0.3) is 0 Å². The van der Waals surface area contributed by atoms with Crippen LogP contribution in [0.4, 0.5) is 5.69 Å². The smallest absolute Gasteiger partial charge is 0.138 e. The molecular formula is C8H11NO. The lowest BCUT2D eigenvalue weighted by Crippen LogP contribution is -2.08. The number of hydrogen-bond donors (Lipinski definition) is 1. The Morgan fingerprint density at radius 2 is 1.80 bits per heavy atom. The maximum atomic E-state index is 9.24. The summed E-state index contributed by atoms with van der Waals surface area (Å²) in [5.74, 6) is 0.326. The van der Waals surface area contributed by atoms with E-state index >= 15 is 0 Å². The second-order valence-electron chi connectivity index (χ2n) is 2.38. The van der Waals surface area contributed by atoms with E-state index in [1.54, 1.807) is 6.07 Å². The minimum absolute atomic E-state index is 0.326. The van der Waals surface area contributed by atoms with E-state index in [1.165, 1.54) is 0 Å². The van der Waals surface area contributed by atoms with Crippen LogP contribution in [0.25, 0.3) is 0 Å². The molecule has 0 radical (unpaired) electrons. The molecule has 0 saturated carbocycles. The SMILES string of the molecule is CN(C)c1ccccc1O. The summed E-state index contributed by atoms with van der Waals surface area (Å²) in [6.07, 6.45) is 0. The second-order valence-corrected chi connectivity index (χ2v) is 2.38. The van der Waals surface area contributed by atoms with Gasteiger partial charge in [0.2, 0.25) is 0 Å². The molecule has 2 heteroatoms. The van der Waals surface area contributed by atoms with Gasteiger partial charge in [0.05, 0.1) is 5.69 Å². The summed E-state index contributed by atoms with van der Waals surface area (Å²) in [4.78, 5) is 1.87. The first-order valence-electron chi connectivity index (χ1n) is 3.17. The van der Waals surface area contributed by atoms with Gasteiger partial charge in [0.15, 0.2) is 0 Å². The van der Waals surface area contributed by atoms with Crippen LogP contribution in [0.15, 0.2) is 24.3 Å². The Morgan fingerprint density at radius 3 is 2.20 bits per heavy atom. The highest BCUT2D eigenvalue weighted by atomic mass is 16.3. The molecule has 0 aliphatic carbocycles. The molecule has 10 heavy (non-hydrogen) atoms. The maximum Gasteiger partial charge on any atom is 0.138 e.